The van der Waals surface area contributed by atoms with Gasteiger partial charge in [-0.05, 0) is 30.5 Å². The molecular weight excluding hydrogens is 360 g/mol. The molecule has 1 atom stereocenters. The topological polar surface area (TPSA) is 71.9 Å². The molecule has 0 fully saturated rings. The van der Waals surface area contributed by atoms with Crippen LogP contribution in [-0.4, -0.2) is 38.0 Å². The van der Waals surface area contributed by atoms with Gasteiger partial charge in [-0.2, -0.15) is 0 Å². The van der Waals surface area contributed by atoms with E-state index in [0.717, 1.165) is 36.6 Å². The standard InChI is InChI=1S/C18H25ClN2O3S/c1-13(22)10-20-5-6-21-11-14-8-16(19)18(17(9-14)23-2)24-12-15-4-3-7-25-15/h3-4,7-9,13,20-22H,5-6,10-12H2,1-2H3/p+2/t13-/m1/s1. The van der Waals surface area contributed by atoms with Crippen molar-refractivity contribution in [1.82, 2.24) is 0 Å². The van der Waals surface area contributed by atoms with Crippen molar-refractivity contribution in [3.8, 4) is 11.5 Å². The molecular formula is C18H27ClN2O3S+2. The van der Waals surface area contributed by atoms with Gasteiger partial charge in [0.15, 0.2) is 11.5 Å². The Morgan fingerprint density at radius 1 is 1.28 bits per heavy atom. The molecule has 0 aliphatic carbocycles. The molecule has 0 aliphatic heterocycles. The van der Waals surface area contributed by atoms with Crippen LogP contribution in [0.2, 0.25) is 5.02 Å². The minimum atomic E-state index is -0.259. The fourth-order valence-corrected chi connectivity index (χ4v) is 3.34. The van der Waals surface area contributed by atoms with Crippen molar-refractivity contribution in [2.45, 2.75) is 26.2 Å². The SMILES string of the molecule is COc1cc(C[NH2+]CC[NH2+]C[C@@H](C)O)cc(Cl)c1OCc1cccs1. The number of halogens is 1. The Hall–Kier alpha value is -1.31. The number of rotatable bonds is 11. The summed E-state index contributed by atoms with van der Waals surface area (Å²) in [6.07, 6.45) is -0.259. The van der Waals surface area contributed by atoms with Gasteiger partial charge in [-0.1, -0.05) is 17.7 Å². The second-order valence-corrected chi connectivity index (χ2v) is 7.36. The molecule has 7 heteroatoms. The van der Waals surface area contributed by atoms with Gasteiger partial charge in [0.2, 0.25) is 0 Å². The highest BCUT2D eigenvalue weighted by atomic mass is 35.5. The van der Waals surface area contributed by atoms with E-state index < -0.39 is 0 Å². The van der Waals surface area contributed by atoms with Gasteiger partial charge in [0.25, 0.3) is 0 Å². The van der Waals surface area contributed by atoms with Crippen molar-refractivity contribution in [2.24, 2.45) is 0 Å². The van der Waals surface area contributed by atoms with E-state index in [0.29, 0.717) is 23.1 Å². The molecule has 1 aromatic heterocycles. The molecule has 0 saturated carbocycles. The first kappa shape index (κ1) is 20.0. The van der Waals surface area contributed by atoms with Crippen molar-refractivity contribution in [1.29, 1.82) is 0 Å². The minimum absolute atomic E-state index is 0.259. The Bertz CT molecular complexity index is 636. The van der Waals surface area contributed by atoms with Crippen molar-refractivity contribution >= 4 is 22.9 Å². The molecule has 138 valence electrons. The number of benzene rings is 1. The van der Waals surface area contributed by atoms with Crippen molar-refractivity contribution in [3.05, 3.63) is 45.1 Å². The molecule has 0 saturated heterocycles. The maximum atomic E-state index is 9.22. The van der Waals surface area contributed by atoms with Gasteiger partial charge in [0.1, 0.15) is 32.8 Å². The second-order valence-electron chi connectivity index (χ2n) is 5.92. The molecule has 0 aliphatic rings. The van der Waals surface area contributed by atoms with Crippen LogP contribution in [0.3, 0.4) is 0 Å². The summed E-state index contributed by atoms with van der Waals surface area (Å²) in [7, 11) is 1.63. The summed E-state index contributed by atoms with van der Waals surface area (Å²) >= 11 is 8.05. The van der Waals surface area contributed by atoms with Crippen LogP contribution >= 0.6 is 22.9 Å². The quantitative estimate of drug-likeness (QED) is 0.504. The Morgan fingerprint density at radius 2 is 2.08 bits per heavy atom. The lowest BCUT2D eigenvalue weighted by Crippen LogP contribution is -2.95. The lowest BCUT2D eigenvalue weighted by atomic mass is 10.2. The number of aliphatic hydroxyl groups excluding tert-OH is 1. The number of aliphatic hydroxyl groups is 1. The molecule has 1 heterocycles. The summed E-state index contributed by atoms with van der Waals surface area (Å²) in [4.78, 5) is 1.14. The van der Waals surface area contributed by atoms with E-state index in [1.54, 1.807) is 25.4 Å². The smallest absolute Gasteiger partial charge is 0.180 e. The first-order chi connectivity index (χ1) is 12.1. The van der Waals surface area contributed by atoms with Gasteiger partial charge in [-0.15, -0.1) is 11.3 Å². The number of quaternary nitrogens is 2. The van der Waals surface area contributed by atoms with E-state index in [4.69, 9.17) is 21.1 Å². The molecule has 0 radical (unpaired) electrons. The third-order valence-electron chi connectivity index (χ3n) is 3.69. The Labute approximate surface area is 157 Å². The van der Waals surface area contributed by atoms with Crippen molar-refractivity contribution in [2.75, 3.05) is 26.7 Å². The average Bonchev–Trinajstić information content (AvgIpc) is 3.09. The zero-order valence-electron chi connectivity index (χ0n) is 14.7. The number of methoxy groups -OCH3 is 1. The van der Waals surface area contributed by atoms with E-state index in [-0.39, 0.29) is 6.10 Å². The maximum absolute atomic E-state index is 9.22. The monoisotopic (exact) mass is 386 g/mol. The predicted octanol–water partition coefficient (Wildman–Crippen LogP) is 0.997. The van der Waals surface area contributed by atoms with E-state index in [1.165, 1.54) is 0 Å². The van der Waals surface area contributed by atoms with Gasteiger partial charge >= 0.3 is 0 Å². The fourth-order valence-electron chi connectivity index (χ4n) is 2.43. The molecule has 2 rings (SSSR count). The van der Waals surface area contributed by atoms with Crippen LogP contribution in [0.15, 0.2) is 29.6 Å². The summed E-state index contributed by atoms with van der Waals surface area (Å²) in [6.45, 7) is 5.80. The molecule has 0 bridgehead atoms. The number of ether oxygens (including phenoxy) is 2. The fraction of sp³-hybridized carbons (Fsp3) is 0.444. The van der Waals surface area contributed by atoms with Gasteiger partial charge in [-0.25, -0.2) is 0 Å². The number of nitrogens with two attached hydrogens (primary N) is 2. The normalized spacial score (nSPS) is 12.2. The number of hydrogen-bond donors (Lipinski definition) is 3. The van der Waals surface area contributed by atoms with E-state index in [9.17, 15) is 5.11 Å². The summed E-state index contributed by atoms with van der Waals surface area (Å²) in [5.74, 6) is 1.25. The molecule has 0 amide bonds. The average molecular weight is 387 g/mol. The molecule has 0 unspecified atom stereocenters. The highest BCUT2D eigenvalue weighted by Crippen LogP contribution is 2.37. The lowest BCUT2D eigenvalue weighted by molar-refractivity contribution is -0.733. The highest BCUT2D eigenvalue weighted by molar-refractivity contribution is 7.09. The lowest BCUT2D eigenvalue weighted by Gasteiger charge is -2.13. The third-order valence-corrected chi connectivity index (χ3v) is 4.82. The van der Waals surface area contributed by atoms with Crippen molar-refractivity contribution in [3.63, 3.8) is 0 Å². The van der Waals surface area contributed by atoms with Crippen LogP contribution in [0.4, 0.5) is 0 Å². The molecule has 1 aromatic carbocycles. The van der Waals surface area contributed by atoms with Gasteiger partial charge < -0.3 is 25.2 Å². The molecule has 0 spiro atoms. The second kappa shape index (κ2) is 10.6. The van der Waals surface area contributed by atoms with Crippen LogP contribution in [0.25, 0.3) is 0 Å². The van der Waals surface area contributed by atoms with Crippen LogP contribution in [0.1, 0.15) is 17.4 Å². The van der Waals surface area contributed by atoms with Gasteiger partial charge in [0.05, 0.1) is 18.2 Å². The van der Waals surface area contributed by atoms with E-state index >= 15 is 0 Å². The largest absolute Gasteiger partial charge is 0.493 e. The van der Waals surface area contributed by atoms with E-state index in [1.807, 2.05) is 29.6 Å². The minimum Gasteiger partial charge on any atom is -0.493 e. The number of thiophene rings is 1. The van der Waals surface area contributed by atoms with Crippen LogP contribution < -0.4 is 20.1 Å². The zero-order valence-corrected chi connectivity index (χ0v) is 16.3. The molecule has 5 nitrogen and oxygen atoms in total. The zero-order chi connectivity index (χ0) is 18.1. The Morgan fingerprint density at radius 3 is 2.76 bits per heavy atom. The molecule has 2 aromatic rings. The first-order valence-electron chi connectivity index (χ1n) is 8.43. The summed E-state index contributed by atoms with van der Waals surface area (Å²) in [5.41, 5.74) is 1.10. The summed E-state index contributed by atoms with van der Waals surface area (Å²) < 4.78 is 11.3. The number of hydrogen-bond acceptors (Lipinski definition) is 4. The third kappa shape index (κ3) is 6.84. The van der Waals surface area contributed by atoms with Crippen molar-refractivity contribution < 1.29 is 25.2 Å². The predicted molar refractivity (Wildman–Crippen MR) is 100 cm³/mol. The summed E-state index contributed by atoms with van der Waals surface area (Å²) in [5, 5.41) is 16.2. The first-order valence-corrected chi connectivity index (χ1v) is 9.69. The molecule has 5 N–H and O–H groups in total. The van der Waals surface area contributed by atoms with Crippen LogP contribution in [-0.2, 0) is 13.2 Å². The van der Waals surface area contributed by atoms with Crippen LogP contribution in [0, 0.1) is 0 Å². The Kier molecular flexibility index (Phi) is 8.51. The highest BCUT2D eigenvalue weighted by Gasteiger charge is 2.13. The van der Waals surface area contributed by atoms with Crippen LogP contribution in [0.5, 0.6) is 11.5 Å². The van der Waals surface area contributed by atoms with Gasteiger partial charge in [0, 0.05) is 10.4 Å². The maximum Gasteiger partial charge on any atom is 0.180 e. The van der Waals surface area contributed by atoms with E-state index in [2.05, 4.69) is 10.6 Å². The molecule has 25 heavy (non-hydrogen) atoms. The summed E-state index contributed by atoms with van der Waals surface area (Å²) in [6, 6.07) is 7.94. The van der Waals surface area contributed by atoms with Gasteiger partial charge in [-0.3, -0.25) is 0 Å². The Balaban J connectivity index is 1.87.